The number of methoxy groups -OCH3 is 1. The van der Waals surface area contributed by atoms with Gasteiger partial charge in [0.1, 0.15) is 5.75 Å². The smallest absolute Gasteiger partial charge is 0.119 e. The van der Waals surface area contributed by atoms with Crippen LogP contribution in [0.25, 0.3) is 0 Å². The maximum Gasteiger partial charge on any atom is 0.119 e. The highest BCUT2D eigenvalue weighted by Crippen LogP contribution is 2.23. The van der Waals surface area contributed by atoms with Crippen LogP contribution in [-0.4, -0.2) is 24.9 Å². The van der Waals surface area contributed by atoms with E-state index in [-0.39, 0.29) is 12.6 Å². The SMILES string of the molecule is COc1ccc(Cl)c(CC(CO)NCc2ccccc2)c1. The first kappa shape index (κ1) is 15.8. The molecule has 0 fully saturated rings. The minimum Gasteiger partial charge on any atom is -0.497 e. The molecule has 0 heterocycles. The van der Waals surface area contributed by atoms with Crippen LogP contribution in [0.5, 0.6) is 5.75 Å². The summed E-state index contributed by atoms with van der Waals surface area (Å²) in [7, 11) is 1.63. The molecule has 112 valence electrons. The van der Waals surface area contributed by atoms with Crippen molar-refractivity contribution in [2.45, 2.75) is 19.0 Å². The van der Waals surface area contributed by atoms with E-state index in [0.717, 1.165) is 11.3 Å². The number of nitrogens with one attached hydrogen (secondary N) is 1. The minimum atomic E-state index is -0.0465. The van der Waals surface area contributed by atoms with Gasteiger partial charge in [0, 0.05) is 17.6 Å². The van der Waals surface area contributed by atoms with E-state index in [1.54, 1.807) is 7.11 Å². The van der Waals surface area contributed by atoms with Gasteiger partial charge in [0.15, 0.2) is 0 Å². The average Bonchev–Trinajstić information content (AvgIpc) is 2.54. The standard InChI is InChI=1S/C17H20ClNO2/c1-21-16-7-8-17(18)14(10-16)9-15(12-20)19-11-13-5-3-2-4-6-13/h2-8,10,15,19-20H,9,11-12H2,1H3. The van der Waals surface area contributed by atoms with Gasteiger partial charge in [-0.05, 0) is 35.7 Å². The predicted molar refractivity (Wildman–Crippen MR) is 85.9 cm³/mol. The topological polar surface area (TPSA) is 41.5 Å². The highest BCUT2D eigenvalue weighted by Gasteiger charge is 2.11. The summed E-state index contributed by atoms with van der Waals surface area (Å²) in [6.07, 6.45) is 0.652. The summed E-state index contributed by atoms with van der Waals surface area (Å²) in [4.78, 5) is 0. The number of benzene rings is 2. The van der Waals surface area contributed by atoms with Crippen molar-refractivity contribution >= 4 is 11.6 Å². The Kier molecular flexibility index (Phi) is 6.05. The van der Waals surface area contributed by atoms with Crippen LogP contribution in [-0.2, 0) is 13.0 Å². The number of ether oxygens (including phenoxy) is 1. The molecule has 2 rings (SSSR count). The van der Waals surface area contributed by atoms with Crippen molar-refractivity contribution in [1.82, 2.24) is 5.32 Å². The molecule has 0 aliphatic rings. The Labute approximate surface area is 130 Å². The second kappa shape index (κ2) is 8.03. The van der Waals surface area contributed by atoms with Crippen LogP contribution in [0.1, 0.15) is 11.1 Å². The first-order valence-corrected chi connectivity index (χ1v) is 7.31. The molecule has 0 aliphatic carbocycles. The Balaban J connectivity index is 1.99. The molecule has 2 aromatic rings. The molecule has 0 saturated heterocycles. The lowest BCUT2D eigenvalue weighted by Gasteiger charge is -2.17. The fraction of sp³-hybridized carbons (Fsp3) is 0.294. The summed E-state index contributed by atoms with van der Waals surface area (Å²) in [5, 5.41) is 13.6. The quantitative estimate of drug-likeness (QED) is 0.826. The molecule has 21 heavy (non-hydrogen) atoms. The molecule has 2 N–H and O–H groups in total. The molecule has 3 nitrogen and oxygen atoms in total. The van der Waals surface area contributed by atoms with E-state index in [1.165, 1.54) is 5.56 Å². The third kappa shape index (κ3) is 4.74. The van der Waals surface area contributed by atoms with E-state index in [9.17, 15) is 5.11 Å². The maximum atomic E-state index is 9.55. The highest BCUT2D eigenvalue weighted by molar-refractivity contribution is 6.31. The number of rotatable bonds is 7. The first-order chi connectivity index (χ1) is 10.2. The van der Waals surface area contributed by atoms with E-state index in [2.05, 4.69) is 17.4 Å². The predicted octanol–water partition coefficient (Wildman–Crippen LogP) is 3.04. The molecule has 0 aromatic heterocycles. The van der Waals surface area contributed by atoms with Crippen molar-refractivity contribution in [2.24, 2.45) is 0 Å². The second-order valence-electron chi connectivity index (χ2n) is 4.91. The largest absolute Gasteiger partial charge is 0.497 e. The Bertz CT molecular complexity index is 560. The molecular weight excluding hydrogens is 286 g/mol. The number of hydrogen-bond donors (Lipinski definition) is 2. The molecule has 0 aliphatic heterocycles. The van der Waals surface area contributed by atoms with Crippen molar-refractivity contribution < 1.29 is 9.84 Å². The molecule has 1 unspecified atom stereocenters. The van der Waals surface area contributed by atoms with Crippen molar-refractivity contribution in [2.75, 3.05) is 13.7 Å². The van der Waals surface area contributed by atoms with Gasteiger partial charge in [-0.3, -0.25) is 0 Å². The van der Waals surface area contributed by atoms with E-state index in [4.69, 9.17) is 16.3 Å². The zero-order chi connectivity index (χ0) is 15.1. The van der Waals surface area contributed by atoms with E-state index in [1.807, 2.05) is 36.4 Å². The monoisotopic (exact) mass is 305 g/mol. The third-order valence-electron chi connectivity index (χ3n) is 3.38. The van der Waals surface area contributed by atoms with Crippen LogP contribution >= 0.6 is 11.6 Å². The van der Waals surface area contributed by atoms with Crippen LogP contribution in [0.4, 0.5) is 0 Å². The fourth-order valence-corrected chi connectivity index (χ4v) is 2.35. The van der Waals surface area contributed by atoms with Gasteiger partial charge in [0.2, 0.25) is 0 Å². The van der Waals surface area contributed by atoms with Crippen molar-refractivity contribution in [3.8, 4) is 5.75 Å². The van der Waals surface area contributed by atoms with E-state index >= 15 is 0 Å². The first-order valence-electron chi connectivity index (χ1n) is 6.93. The number of aliphatic hydroxyl groups is 1. The summed E-state index contributed by atoms with van der Waals surface area (Å²) in [5.41, 5.74) is 2.16. The fourth-order valence-electron chi connectivity index (χ4n) is 2.16. The van der Waals surface area contributed by atoms with E-state index < -0.39 is 0 Å². The van der Waals surface area contributed by atoms with Crippen molar-refractivity contribution in [3.63, 3.8) is 0 Å². The molecule has 0 bridgehead atoms. The second-order valence-corrected chi connectivity index (χ2v) is 5.31. The van der Waals surface area contributed by atoms with Gasteiger partial charge in [0.05, 0.1) is 13.7 Å². The molecule has 0 spiro atoms. The van der Waals surface area contributed by atoms with Crippen LogP contribution in [0.3, 0.4) is 0 Å². The lowest BCUT2D eigenvalue weighted by atomic mass is 10.1. The molecule has 1 atom stereocenters. The van der Waals surface area contributed by atoms with Crippen molar-refractivity contribution in [3.05, 3.63) is 64.7 Å². The highest BCUT2D eigenvalue weighted by atomic mass is 35.5. The zero-order valence-corrected chi connectivity index (χ0v) is 12.8. The Morgan fingerprint density at radius 2 is 1.95 bits per heavy atom. The van der Waals surface area contributed by atoms with Crippen molar-refractivity contribution in [1.29, 1.82) is 0 Å². The van der Waals surface area contributed by atoms with Gasteiger partial charge >= 0.3 is 0 Å². The summed E-state index contributed by atoms with van der Waals surface area (Å²) >= 11 is 6.21. The van der Waals surface area contributed by atoms with Gasteiger partial charge in [0.25, 0.3) is 0 Å². The van der Waals surface area contributed by atoms with Crippen LogP contribution in [0, 0.1) is 0 Å². The van der Waals surface area contributed by atoms with Gasteiger partial charge in [-0.2, -0.15) is 0 Å². The van der Waals surface area contributed by atoms with Gasteiger partial charge in [-0.15, -0.1) is 0 Å². The van der Waals surface area contributed by atoms with Gasteiger partial charge in [-0.1, -0.05) is 41.9 Å². The molecule has 2 aromatic carbocycles. The van der Waals surface area contributed by atoms with E-state index in [0.29, 0.717) is 18.0 Å². The summed E-state index contributed by atoms with van der Waals surface area (Å²) in [6.45, 7) is 0.772. The Morgan fingerprint density at radius 3 is 2.62 bits per heavy atom. The normalized spacial score (nSPS) is 12.1. The average molecular weight is 306 g/mol. The summed E-state index contributed by atoms with van der Waals surface area (Å²) < 4.78 is 5.21. The minimum absolute atomic E-state index is 0.0465. The molecule has 0 radical (unpaired) electrons. The number of halogens is 1. The van der Waals surface area contributed by atoms with Gasteiger partial charge in [-0.25, -0.2) is 0 Å². The lowest BCUT2D eigenvalue weighted by Crippen LogP contribution is -2.34. The molecule has 4 heteroatoms. The molecule has 0 amide bonds. The summed E-state index contributed by atoms with van der Waals surface area (Å²) in [6, 6.07) is 15.6. The number of aliphatic hydroxyl groups excluding tert-OH is 1. The van der Waals surface area contributed by atoms with Crippen LogP contribution < -0.4 is 10.1 Å². The third-order valence-corrected chi connectivity index (χ3v) is 3.75. The molecular formula is C17H20ClNO2. The van der Waals surface area contributed by atoms with Gasteiger partial charge < -0.3 is 15.2 Å². The van der Waals surface area contributed by atoms with Crippen LogP contribution in [0.2, 0.25) is 5.02 Å². The maximum absolute atomic E-state index is 9.55. The van der Waals surface area contributed by atoms with Crippen LogP contribution in [0.15, 0.2) is 48.5 Å². The Hall–Kier alpha value is -1.55. The lowest BCUT2D eigenvalue weighted by molar-refractivity contribution is 0.240. The number of hydrogen-bond acceptors (Lipinski definition) is 3. The zero-order valence-electron chi connectivity index (χ0n) is 12.1. The molecule has 0 saturated carbocycles. The summed E-state index contributed by atoms with van der Waals surface area (Å²) in [5.74, 6) is 0.772. The Morgan fingerprint density at radius 1 is 1.19 bits per heavy atom.